The molecule has 1 unspecified atom stereocenters. The van der Waals surface area contributed by atoms with Crippen LogP contribution in [0.4, 0.5) is 23.8 Å². The van der Waals surface area contributed by atoms with E-state index in [1.54, 1.807) is 50.8 Å². The molecule has 1 amide bonds. The van der Waals surface area contributed by atoms with Gasteiger partial charge in [-0.2, -0.15) is 18.2 Å². The summed E-state index contributed by atoms with van der Waals surface area (Å²) in [4.78, 5) is 43.4. The van der Waals surface area contributed by atoms with Gasteiger partial charge in [-0.25, -0.2) is 19.1 Å². The normalized spacial score (nSPS) is 16.5. The van der Waals surface area contributed by atoms with Crippen molar-refractivity contribution in [1.82, 2.24) is 24.4 Å². The summed E-state index contributed by atoms with van der Waals surface area (Å²) in [6, 6.07) is 9.02. The average Bonchev–Trinajstić information content (AvgIpc) is 2.96. The van der Waals surface area contributed by atoms with E-state index < -0.39 is 29.5 Å². The van der Waals surface area contributed by atoms with E-state index in [4.69, 9.17) is 21.3 Å². The lowest BCUT2D eigenvalue weighted by Gasteiger charge is -2.41. The number of aromatic nitrogens is 4. The van der Waals surface area contributed by atoms with E-state index in [-0.39, 0.29) is 75.9 Å². The third-order valence-electron chi connectivity index (χ3n) is 7.79. The number of alkyl halides is 3. The number of pyridine rings is 2. The molecule has 1 aromatic carbocycles. The Labute approximate surface area is 268 Å². The monoisotopic (exact) mass is 658 g/mol. The summed E-state index contributed by atoms with van der Waals surface area (Å²) in [6.45, 7) is 10.5. The first kappa shape index (κ1) is 33.0. The fourth-order valence-electron chi connectivity index (χ4n) is 5.49. The van der Waals surface area contributed by atoms with E-state index in [2.05, 4.69) is 9.97 Å². The number of phenolic OH excluding ortho intramolecular Hbond substituents is 1. The fraction of sp³-hybridized carbons (Fsp3) is 0.406. The molecule has 14 heteroatoms. The van der Waals surface area contributed by atoms with Crippen molar-refractivity contribution in [2.24, 2.45) is 0 Å². The second-order valence-electron chi connectivity index (χ2n) is 12.4. The molecule has 10 nitrogen and oxygen atoms in total. The summed E-state index contributed by atoms with van der Waals surface area (Å²) in [5.41, 5.74) is -1.32. The molecule has 2 atom stereocenters. The Morgan fingerprint density at radius 2 is 1.83 bits per heavy atom. The Morgan fingerprint density at radius 3 is 2.46 bits per heavy atom. The lowest BCUT2D eigenvalue weighted by Crippen LogP contribution is -2.55. The van der Waals surface area contributed by atoms with Crippen LogP contribution < -0.4 is 10.6 Å². The molecule has 1 saturated heterocycles. The zero-order chi connectivity index (χ0) is 33.7. The maximum atomic E-state index is 14.0. The van der Waals surface area contributed by atoms with Gasteiger partial charge in [-0.15, -0.1) is 0 Å². The summed E-state index contributed by atoms with van der Waals surface area (Å²) >= 11 is 6.76. The molecule has 4 heterocycles. The molecule has 244 valence electrons. The minimum atomic E-state index is -4.65. The van der Waals surface area contributed by atoms with Crippen molar-refractivity contribution in [3.63, 3.8) is 0 Å². The van der Waals surface area contributed by atoms with Gasteiger partial charge in [-0.3, -0.25) is 4.98 Å². The van der Waals surface area contributed by atoms with Crippen LogP contribution in [0, 0.1) is 6.92 Å². The van der Waals surface area contributed by atoms with Crippen LogP contribution in [-0.2, 0) is 4.74 Å². The Kier molecular flexibility index (Phi) is 8.67. The van der Waals surface area contributed by atoms with E-state index in [0.29, 0.717) is 5.56 Å². The van der Waals surface area contributed by atoms with Gasteiger partial charge in [0.05, 0.1) is 33.4 Å². The maximum Gasteiger partial charge on any atom is 0.410 e. The number of fused-ring (bicyclic) bond motifs is 1. The van der Waals surface area contributed by atoms with E-state index in [9.17, 15) is 27.9 Å². The zero-order valence-corrected chi connectivity index (χ0v) is 26.9. The number of anilines is 1. The molecule has 5 rings (SSSR count). The highest BCUT2D eigenvalue weighted by atomic mass is 35.5. The first-order chi connectivity index (χ1) is 21.5. The first-order valence-electron chi connectivity index (χ1n) is 14.7. The van der Waals surface area contributed by atoms with Crippen molar-refractivity contribution in [1.29, 1.82) is 0 Å². The minimum absolute atomic E-state index is 0.0221. The quantitative estimate of drug-likeness (QED) is 0.260. The van der Waals surface area contributed by atoms with Gasteiger partial charge < -0.3 is 19.6 Å². The predicted molar refractivity (Wildman–Crippen MR) is 169 cm³/mol. The highest BCUT2D eigenvalue weighted by Gasteiger charge is 2.40. The number of amides is 1. The Morgan fingerprint density at radius 1 is 1.13 bits per heavy atom. The van der Waals surface area contributed by atoms with Crippen molar-refractivity contribution >= 4 is 34.5 Å². The molecule has 0 radical (unpaired) electrons. The Hall–Kier alpha value is -4.39. The molecule has 4 aromatic rings. The highest BCUT2D eigenvalue weighted by Crippen LogP contribution is 2.40. The number of aromatic hydroxyl groups is 1. The number of benzene rings is 1. The van der Waals surface area contributed by atoms with Crippen LogP contribution >= 0.6 is 11.6 Å². The number of rotatable bonds is 4. The van der Waals surface area contributed by atoms with Crippen LogP contribution in [0.15, 0.2) is 47.4 Å². The molecule has 0 aliphatic carbocycles. The van der Waals surface area contributed by atoms with E-state index in [1.165, 1.54) is 24.4 Å². The lowest BCUT2D eigenvalue weighted by atomic mass is 10.0. The molecular formula is C32H34ClF3N6O4. The number of hydrogen-bond donors (Lipinski definition) is 1. The van der Waals surface area contributed by atoms with Crippen LogP contribution in [0.25, 0.3) is 28.0 Å². The third kappa shape index (κ3) is 6.33. The summed E-state index contributed by atoms with van der Waals surface area (Å²) in [5, 5.41) is 11.0. The summed E-state index contributed by atoms with van der Waals surface area (Å²) in [6.07, 6.45) is -3.86. The Balaban J connectivity index is 1.75. The van der Waals surface area contributed by atoms with E-state index in [0.717, 1.165) is 11.5 Å². The maximum absolute atomic E-state index is 14.0. The fourth-order valence-corrected chi connectivity index (χ4v) is 5.74. The van der Waals surface area contributed by atoms with Gasteiger partial charge in [0, 0.05) is 37.4 Å². The van der Waals surface area contributed by atoms with Gasteiger partial charge in [0.25, 0.3) is 0 Å². The molecule has 3 aromatic heterocycles. The van der Waals surface area contributed by atoms with Gasteiger partial charge in [0.15, 0.2) is 5.65 Å². The number of hydrogen-bond acceptors (Lipinski definition) is 8. The number of ether oxygens (including phenoxy) is 1. The topological polar surface area (TPSA) is 114 Å². The van der Waals surface area contributed by atoms with Crippen molar-refractivity contribution in [2.75, 3.05) is 24.5 Å². The second kappa shape index (κ2) is 12.1. The minimum Gasteiger partial charge on any atom is -0.507 e. The smallest absolute Gasteiger partial charge is 0.410 e. The lowest BCUT2D eigenvalue weighted by molar-refractivity contribution is -0.147. The molecule has 0 bridgehead atoms. The SMILES string of the molecule is Cc1ccnc(C(C)C(F)(F)F)c1-n1c(=O)nc(N2CCN(C(=O)OC(C)(C)C)C[C@@H]2C)c2cc(Cl)c(-c3ccccc3O)nc21. The largest absolute Gasteiger partial charge is 0.507 e. The highest BCUT2D eigenvalue weighted by molar-refractivity contribution is 6.34. The van der Waals surface area contributed by atoms with Crippen LogP contribution in [0.1, 0.15) is 51.8 Å². The molecule has 1 aliphatic rings. The molecule has 0 spiro atoms. The summed E-state index contributed by atoms with van der Waals surface area (Å²) in [5.74, 6) is -1.94. The molecule has 46 heavy (non-hydrogen) atoms. The van der Waals surface area contributed by atoms with Crippen molar-refractivity contribution in [3.05, 3.63) is 69.4 Å². The number of carbonyl (C=O) groups is 1. The van der Waals surface area contributed by atoms with Gasteiger partial charge in [-0.05, 0) is 71.4 Å². The molecule has 1 aliphatic heterocycles. The van der Waals surface area contributed by atoms with Gasteiger partial charge >= 0.3 is 18.0 Å². The number of aryl methyl sites for hydroxylation is 1. The standard InChI is InChI=1S/C32H34ClF3N6O4/c1-17-11-12-37-24(19(3)32(34,35)36)26(17)42-28-21(15-22(33)25(38-28)20-9-7-8-10-23(20)43)27(39-29(42)44)41-14-13-40(16-18(41)2)30(45)46-31(4,5)6/h7-12,15,18-19,43H,13-14,16H2,1-6H3/t18-,19?/m0/s1. The Bertz CT molecular complexity index is 1870. The van der Waals surface area contributed by atoms with Crippen molar-refractivity contribution < 1.29 is 27.8 Å². The number of carbonyl (C=O) groups excluding carboxylic acids is 1. The number of para-hydroxylation sites is 1. The van der Waals surface area contributed by atoms with Gasteiger partial charge in [-0.1, -0.05) is 23.7 Å². The molecule has 0 saturated carbocycles. The number of phenols is 1. The third-order valence-corrected chi connectivity index (χ3v) is 8.08. The van der Waals surface area contributed by atoms with E-state index >= 15 is 0 Å². The van der Waals surface area contributed by atoms with Crippen LogP contribution in [0.3, 0.4) is 0 Å². The average molecular weight is 659 g/mol. The first-order valence-corrected chi connectivity index (χ1v) is 15.0. The van der Waals surface area contributed by atoms with Crippen LogP contribution in [0.2, 0.25) is 5.02 Å². The molecule has 1 N–H and O–H groups in total. The van der Waals surface area contributed by atoms with Gasteiger partial charge in [0.2, 0.25) is 0 Å². The van der Waals surface area contributed by atoms with E-state index in [1.807, 2.05) is 11.8 Å². The van der Waals surface area contributed by atoms with Crippen LogP contribution in [0.5, 0.6) is 5.75 Å². The number of halogens is 4. The molecular weight excluding hydrogens is 625 g/mol. The summed E-state index contributed by atoms with van der Waals surface area (Å²) in [7, 11) is 0. The summed E-state index contributed by atoms with van der Waals surface area (Å²) < 4.78 is 48.7. The predicted octanol–water partition coefficient (Wildman–Crippen LogP) is 6.62. The van der Waals surface area contributed by atoms with Crippen molar-refractivity contribution in [3.8, 4) is 22.7 Å². The molecule has 1 fully saturated rings. The van der Waals surface area contributed by atoms with Crippen molar-refractivity contribution in [2.45, 2.75) is 65.3 Å². The zero-order valence-electron chi connectivity index (χ0n) is 26.2. The van der Waals surface area contributed by atoms with Gasteiger partial charge in [0.1, 0.15) is 17.2 Å². The van der Waals surface area contributed by atoms with Crippen LogP contribution in [-0.4, -0.2) is 73.1 Å². The number of piperazine rings is 1. The number of nitrogens with zero attached hydrogens (tertiary/aromatic N) is 6. The second-order valence-corrected chi connectivity index (χ2v) is 12.8.